The van der Waals surface area contributed by atoms with Crippen LogP contribution in [0, 0.1) is 5.82 Å². The van der Waals surface area contributed by atoms with Gasteiger partial charge in [-0.3, -0.25) is 14.7 Å². The van der Waals surface area contributed by atoms with E-state index in [1.165, 1.54) is 31.2 Å². The number of aromatic amines is 1. The zero-order valence-electron chi connectivity index (χ0n) is 16.9. The zero-order valence-corrected chi connectivity index (χ0v) is 16.9. The SMILES string of the molecule is CC(=O)N[C@@H]1CN(C(=O)COc2ccc(F)cc2)C[C@H]1c1nc(-c2ccccc2)n[nH]1. The smallest absolute Gasteiger partial charge is 0.260 e. The van der Waals surface area contributed by atoms with Crippen LogP contribution in [0.15, 0.2) is 54.6 Å². The molecular formula is C22H22FN5O3. The molecule has 160 valence electrons. The van der Waals surface area contributed by atoms with E-state index in [-0.39, 0.29) is 36.2 Å². The van der Waals surface area contributed by atoms with Crippen molar-refractivity contribution in [2.24, 2.45) is 0 Å². The summed E-state index contributed by atoms with van der Waals surface area (Å²) < 4.78 is 18.5. The van der Waals surface area contributed by atoms with Gasteiger partial charge in [-0.15, -0.1) is 0 Å². The Kier molecular flexibility index (Phi) is 5.92. The number of aromatic nitrogens is 3. The van der Waals surface area contributed by atoms with Crippen molar-refractivity contribution in [1.82, 2.24) is 25.4 Å². The summed E-state index contributed by atoms with van der Waals surface area (Å²) in [6.45, 7) is 1.95. The lowest BCUT2D eigenvalue weighted by molar-refractivity contribution is -0.132. The molecular weight excluding hydrogens is 401 g/mol. The number of nitrogens with zero attached hydrogens (tertiary/aromatic N) is 3. The number of hydrogen-bond donors (Lipinski definition) is 2. The third-order valence-corrected chi connectivity index (χ3v) is 5.12. The Morgan fingerprint density at radius 2 is 1.90 bits per heavy atom. The van der Waals surface area contributed by atoms with E-state index in [1.807, 2.05) is 30.3 Å². The molecule has 0 spiro atoms. The molecule has 2 atom stereocenters. The van der Waals surface area contributed by atoms with Crippen LogP contribution in [-0.2, 0) is 9.59 Å². The van der Waals surface area contributed by atoms with Gasteiger partial charge in [0, 0.05) is 25.6 Å². The second kappa shape index (κ2) is 8.95. The molecule has 8 nitrogen and oxygen atoms in total. The molecule has 0 bridgehead atoms. The van der Waals surface area contributed by atoms with E-state index < -0.39 is 0 Å². The first kappa shape index (κ1) is 20.5. The molecule has 0 unspecified atom stereocenters. The number of hydrogen-bond acceptors (Lipinski definition) is 5. The number of likely N-dealkylation sites (tertiary alicyclic amines) is 1. The first-order chi connectivity index (χ1) is 15.0. The largest absolute Gasteiger partial charge is 0.484 e. The molecule has 3 aromatic rings. The van der Waals surface area contributed by atoms with Crippen LogP contribution in [0.1, 0.15) is 18.7 Å². The zero-order chi connectivity index (χ0) is 21.8. The van der Waals surface area contributed by atoms with Crippen molar-refractivity contribution in [1.29, 1.82) is 0 Å². The van der Waals surface area contributed by atoms with Gasteiger partial charge in [0.05, 0.1) is 12.0 Å². The Morgan fingerprint density at radius 3 is 2.61 bits per heavy atom. The fourth-order valence-electron chi connectivity index (χ4n) is 3.62. The average Bonchev–Trinajstić information content (AvgIpc) is 3.41. The van der Waals surface area contributed by atoms with Crippen LogP contribution >= 0.6 is 0 Å². The van der Waals surface area contributed by atoms with Crippen LogP contribution in [-0.4, -0.2) is 57.6 Å². The number of amides is 2. The molecule has 0 radical (unpaired) electrons. The minimum atomic E-state index is -0.374. The first-order valence-electron chi connectivity index (χ1n) is 9.90. The first-order valence-corrected chi connectivity index (χ1v) is 9.90. The minimum Gasteiger partial charge on any atom is -0.484 e. The van der Waals surface area contributed by atoms with Gasteiger partial charge in [-0.2, -0.15) is 5.10 Å². The fourth-order valence-corrected chi connectivity index (χ4v) is 3.62. The minimum absolute atomic E-state index is 0.184. The fraction of sp³-hybridized carbons (Fsp3) is 0.273. The Morgan fingerprint density at radius 1 is 1.16 bits per heavy atom. The number of ether oxygens (including phenoxy) is 1. The molecule has 1 aliphatic rings. The van der Waals surface area contributed by atoms with Crippen molar-refractivity contribution >= 4 is 11.8 Å². The predicted octanol–water partition coefficient (Wildman–Crippen LogP) is 2.12. The quantitative estimate of drug-likeness (QED) is 0.633. The maximum absolute atomic E-state index is 13.0. The molecule has 2 amide bonds. The molecule has 2 heterocycles. The maximum atomic E-state index is 13.0. The average molecular weight is 423 g/mol. The molecule has 0 saturated carbocycles. The van der Waals surface area contributed by atoms with Gasteiger partial charge in [0.2, 0.25) is 5.91 Å². The van der Waals surface area contributed by atoms with Crippen LogP contribution in [0.5, 0.6) is 5.75 Å². The molecule has 2 N–H and O–H groups in total. The van der Waals surface area contributed by atoms with Crippen LogP contribution in [0.25, 0.3) is 11.4 Å². The number of H-pyrrole nitrogens is 1. The Bertz CT molecular complexity index is 1050. The summed E-state index contributed by atoms with van der Waals surface area (Å²) in [5, 5.41) is 10.1. The van der Waals surface area contributed by atoms with Gasteiger partial charge < -0.3 is 15.0 Å². The van der Waals surface area contributed by atoms with Gasteiger partial charge in [-0.05, 0) is 24.3 Å². The van der Waals surface area contributed by atoms with E-state index >= 15 is 0 Å². The van der Waals surface area contributed by atoms with Crippen molar-refractivity contribution in [2.75, 3.05) is 19.7 Å². The second-order valence-corrected chi connectivity index (χ2v) is 7.37. The lowest BCUT2D eigenvalue weighted by atomic mass is 10.0. The number of rotatable bonds is 6. The van der Waals surface area contributed by atoms with Crippen LogP contribution in [0.3, 0.4) is 0 Å². The molecule has 9 heteroatoms. The highest BCUT2D eigenvalue weighted by atomic mass is 19.1. The number of carbonyl (C=O) groups excluding carboxylic acids is 2. The maximum Gasteiger partial charge on any atom is 0.260 e. The highest BCUT2D eigenvalue weighted by molar-refractivity contribution is 5.79. The Hall–Kier alpha value is -3.75. The summed E-state index contributed by atoms with van der Waals surface area (Å²) in [6, 6.07) is 14.7. The Labute approximate surface area is 178 Å². The third kappa shape index (κ3) is 4.88. The normalized spacial score (nSPS) is 18.1. The van der Waals surface area contributed by atoms with Gasteiger partial charge in [0.25, 0.3) is 5.91 Å². The lowest BCUT2D eigenvalue weighted by Crippen LogP contribution is -2.40. The molecule has 31 heavy (non-hydrogen) atoms. The lowest BCUT2D eigenvalue weighted by Gasteiger charge is -2.17. The van der Waals surface area contributed by atoms with E-state index in [1.54, 1.807) is 4.90 Å². The van der Waals surface area contributed by atoms with Crippen molar-refractivity contribution in [3.8, 4) is 17.1 Å². The molecule has 1 aromatic heterocycles. The monoisotopic (exact) mass is 423 g/mol. The van der Waals surface area contributed by atoms with Gasteiger partial charge in [-0.25, -0.2) is 9.37 Å². The summed E-state index contributed by atoms with van der Waals surface area (Å²) in [7, 11) is 0. The van der Waals surface area contributed by atoms with E-state index in [2.05, 4.69) is 20.5 Å². The van der Waals surface area contributed by atoms with Gasteiger partial charge in [-0.1, -0.05) is 30.3 Å². The molecule has 4 rings (SSSR count). The summed E-state index contributed by atoms with van der Waals surface area (Å²) in [4.78, 5) is 30.6. The van der Waals surface area contributed by atoms with Crippen LogP contribution in [0.2, 0.25) is 0 Å². The van der Waals surface area contributed by atoms with E-state index in [9.17, 15) is 14.0 Å². The summed E-state index contributed by atoms with van der Waals surface area (Å²) in [6.07, 6.45) is 0. The topological polar surface area (TPSA) is 100 Å². The van der Waals surface area contributed by atoms with Crippen LogP contribution < -0.4 is 10.1 Å². The van der Waals surface area contributed by atoms with Crippen LogP contribution in [0.4, 0.5) is 4.39 Å². The van der Waals surface area contributed by atoms with Crippen molar-refractivity contribution < 1.29 is 18.7 Å². The van der Waals surface area contributed by atoms with Crippen molar-refractivity contribution in [3.63, 3.8) is 0 Å². The van der Waals surface area contributed by atoms with Crippen molar-refractivity contribution in [3.05, 3.63) is 66.2 Å². The standard InChI is InChI=1S/C22H22FN5O3/c1-14(29)24-19-12-28(20(30)13-31-17-9-7-16(23)8-10-17)11-18(19)22-25-21(26-27-22)15-5-3-2-4-6-15/h2-10,18-19H,11-13H2,1H3,(H,24,29)(H,25,26,27)/t18-,19-/m1/s1. The van der Waals surface area contributed by atoms with Gasteiger partial charge in [0.15, 0.2) is 12.4 Å². The highest BCUT2D eigenvalue weighted by Gasteiger charge is 2.38. The van der Waals surface area contributed by atoms with E-state index in [4.69, 9.17) is 4.74 Å². The molecule has 0 aliphatic carbocycles. The summed E-state index contributed by atoms with van der Waals surface area (Å²) >= 11 is 0. The number of nitrogens with one attached hydrogen (secondary N) is 2. The van der Waals surface area contributed by atoms with Crippen molar-refractivity contribution in [2.45, 2.75) is 18.9 Å². The van der Waals surface area contributed by atoms with Gasteiger partial charge in [0.1, 0.15) is 17.4 Å². The number of carbonyl (C=O) groups is 2. The highest BCUT2D eigenvalue weighted by Crippen LogP contribution is 2.27. The summed E-state index contributed by atoms with van der Waals surface area (Å²) in [5.41, 5.74) is 0.875. The second-order valence-electron chi connectivity index (χ2n) is 7.37. The Balaban J connectivity index is 1.46. The van der Waals surface area contributed by atoms with Gasteiger partial charge >= 0.3 is 0 Å². The third-order valence-electron chi connectivity index (χ3n) is 5.12. The molecule has 1 saturated heterocycles. The van der Waals surface area contributed by atoms with E-state index in [0.717, 1.165) is 5.56 Å². The predicted molar refractivity (Wildman–Crippen MR) is 111 cm³/mol. The number of halogens is 1. The summed E-state index contributed by atoms with van der Waals surface area (Å²) in [5.74, 6) is 0.546. The van der Waals surface area contributed by atoms with E-state index in [0.29, 0.717) is 30.5 Å². The molecule has 1 aliphatic heterocycles. The molecule has 1 fully saturated rings. The molecule has 2 aromatic carbocycles. The number of benzene rings is 2.